The first-order valence-electron chi connectivity index (χ1n) is 9.04. The van der Waals surface area contributed by atoms with Crippen molar-refractivity contribution in [3.05, 3.63) is 23.8 Å². The summed E-state index contributed by atoms with van der Waals surface area (Å²) in [5.41, 5.74) is 2.85. The number of phenolic OH excluding ortho intramolecular Hbond substituents is 1. The molecule has 0 spiro atoms. The van der Waals surface area contributed by atoms with E-state index in [1.54, 1.807) is 12.1 Å². The van der Waals surface area contributed by atoms with E-state index in [4.69, 9.17) is 4.74 Å². The maximum absolute atomic E-state index is 11.9. The third-order valence-corrected chi connectivity index (χ3v) is 5.24. The third kappa shape index (κ3) is 9.95. The minimum absolute atomic E-state index is 0.00143. The van der Waals surface area contributed by atoms with Crippen LogP contribution in [0, 0.1) is 0 Å². The number of rotatable bonds is 13. The number of nitrogens with one attached hydrogen (secondary N) is 2. The third-order valence-electron chi connectivity index (χ3n) is 3.83. The molecule has 1 aromatic carbocycles. The van der Waals surface area contributed by atoms with Gasteiger partial charge in [0.2, 0.25) is 10.0 Å². The summed E-state index contributed by atoms with van der Waals surface area (Å²) >= 11 is 0. The van der Waals surface area contributed by atoms with Crippen molar-refractivity contribution in [2.75, 3.05) is 19.4 Å². The first kappa shape index (κ1) is 22.9. The summed E-state index contributed by atoms with van der Waals surface area (Å²) in [6.07, 6.45) is 7.29. The minimum atomic E-state index is -3.47. The van der Waals surface area contributed by atoms with Crippen molar-refractivity contribution in [1.82, 2.24) is 10.1 Å². The second kappa shape index (κ2) is 12.3. The van der Waals surface area contributed by atoms with Gasteiger partial charge >= 0.3 is 0 Å². The average Bonchev–Trinajstić information content (AvgIpc) is 2.64. The molecule has 0 aromatic heterocycles. The number of carbonyl (C=O) groups is 1. The molecule has 1 amide bonds. The van der Waals surface area contributed by atoms with E-state index in [1.165, 1.54) is 25.8 Å². The Hall–Kier alpha value is -2.13. The summed E-state index contributed by atoms with van der Waals surface area (Å²) in [6, 6.07) is 4.59. The molecule has 0 atom stereocenters. The van der Waals surface area contributed by atoms with Crippen LogP contribution in [0.5, 0.6) is 11.5 Å². The molecule has 0 heterocycles. The molecule has 0 aliphatic rings. The van der Waals surface area contributed by atoms with Crippen molar-refractivity contribution in [2.24, 2.45) is 5.10 Å². The van der Waals surface area contributed by atoms with E-state index in [-0.39, 0.29) is 23.8 Å². The first-order valence-corrected chi connectivity index (χ1v) is 10.7. The lowest BCUT2D eigenvalue weighted by Crippen LogP contribution is -2.36. The standard InChI is InChI=1S/C18H29N3O5S/c1-3-4-5-6-7-8-11-27(24,25)20-14-18(23)21-19-13-15-9-10-16(22)17(12-15)26-2/h9-10,12-13,20,22H,3-8,11,14H2,1-2H3,(H,21,23)/b19-13+. The number of methoxy groups -OCH3 is 1. The van der Waals surface area contributed by atoms with Gasteiger partial charge in [0.05, 0.1) is 25.6 Å². The summed E-state index contributed by atoms with van der Waals surface area (Å²) in [4.78, 5) is 11.7. The number of ether oxygens (including phenoxy) is 1. The van der Waals surface area contributed by atoms with Gasteiger partial charge in [-0.25, -0.2) is 18.6 Å². The van der Waals surface area contributed by atoms with Crippen LogP contribution in [-0.4, -0.2) is 45.1 Å². The van der Waals surface area contributed by atoms with Crippen molar-refractivity contribution in [3.8, 4) is 11.5 Å². The van der Waals surface area contributed by atoms with E-state index in [2.05, 4.69) is 22.2 Å². The van der Waals surface area contributed by atoms with E-state index < -0.39 is 15.9 Å². The van der Waals surface area contributed by atoms with Crippen molar-refractivity contribution < 1.29 is 23.1 Å². The monoisotopic (exact) mass is 399 g/mol. The molecule has 0 radical (unpaired) electrons. The number of hydrogen-bond donors (Lipinski definition) is 3. The number of nitrogens with zero attached hydrogens (tertiary/aromatic N) is 1. The van der Waals surface area contributed by atoms with Crippen molar-refractivity contribution >= 4 is 22.1 Å². The fourth-order valence-electron chi connectivity index (χ4n) is 2.31. The van der Waals surface area contributed by atoms with Crippen LogP contribution >= 0.6 is 0 Å². The van der Waals surface area contributed by atoms with Crippen molar-refractivity contribution in [3.63, 3.8) is 0 Å². The highest BCUT2D eigenvalue weighted by atomic mass is 32.2. The molecule has 152 valence electrons. The second-order valence-corrected chi connectivity index (χ2v) is 8.06. The Morgan fingerprint density at radius 3 is 2.63 bits per heavy atom. The number of unbranched alkanes of at least 4 members (excludes halogenated alkanes) is 5. The lowest BCUT2D eigenvalue weighted by molar-refractivity contribution is -0.119. The number of hydrazone groups is 1. The number of hydrogen-bond acceptors (Lipinski definition) is 6. The van der Waals surface area contributed by atoms with Crippen LogP contribution < -0.4 is 14.9 Å². The smallest absolute Gasteiger partial charge is 0.255 e. The van der Waals surface area contributed by atoms with Crippen molar-refractivity contribution in [1.29, 1.82) is 0 Å². The Morgan fingerprint density at radius 2 is 1.93 bits per heavy atom. The number of benzene rings is 1. The molecule has 0 fully saturated rings. The lowest BCUT2D eigenvalue weighted by Gasteiger charge is -2.06. The molecule has 0 saturated heterocycles. The van der Waals surface area contributed by atoms with Gasteiger partial charge in [0.25, 0.3) is 5.91 Å². The van der Waals surface area contributed by atoms with Crippen LogP contribution in [0.3, 0.4) is 0 Å². The molecule has 0 saturated carbocycles. The van der Waals surface area contributed by atoms with Crippen LogP contribution in [0.25, 0.3) is 0 Å². The Morgan fingerprint density at radius 1 is 1.22 bits per heavy atom. The minimum Gasteiger partial charge on any atom is -0.504 e. The molecular formula is C18H29N3O5S. The van der Waals surface area contributed by atoms with E-state index in [9.17, 15) is 18.3 Å². The highest BCUT2D eigenvalue weighted by Gasteiger charge is 2.11. The van der Waals surface area contributed by atoms with E-state index in [0.29, 0.717) is 12.0 Å². The summed E-state index contributed by atoms with van der Waals surface area (Å²) in [5, 5.41) is 13.3. The fraction of sp³-hybridized carbons (Fsp3) is 0.556. The fourth-order valence-corrected chi connectivity index (χ4v) is 3.39. The zero-order chi connectivity index (χ0) is 20.1. The highest BCUT2D eigenvalue weighted by molar-refractivity contribution is 7.89. The predicted octanol–water partition coefficient (Wildman–Crippen LogP) is 2.13. The van der Waals surface area contributed by atoms with Crippen LogP contribution in [-0.2, 0) is 14.8 Å². The topological polar surface area (TPSA) is 117 Å². The molecule has 1 aromatic rings. The van der Waals surface area contributed by atoms with Gasteiger partial charge in [0, 0.05) is 0 Å². The molecule has 27 heavy (non-hydrogen) atoms. The van der Waals surface area contributed by atoms with E-state index >= 15 is 0 Å². The molecule has 3 N–H and O–H groups in total. The molecule has 0 aliphatic carbocycles. The van der Waals surface area contributed by atoms with E-state index in [0.717, 1.165) is 25.7 Å². The maximum atomic E-state index is 11.9. The van der Waals surface area contributed by atoms with Gasteiger partial charge in [-0.05, 0) is 30.2 Å². The number of amides is 1. The number of phenols is 1. The largest absolute Gasteiger partial charge is 0.504 e. The van der Waals surface area contributed by atoms with Gasteiger partial charge in [-0.1, -0.05) is 39.0 Å². The number of aromatic hydroxyl groups is 1. The molecule has 1 rings (SSSR count). The van der Waals surface area contributed by atoms with Crippen LogP contribution in [0.4, 0.5) is 0 Å². The van der Waals surface area contributed by atoms with Crippen LogP contribution in [0.2, 0.25) is 0 Å². The van der Waals surface area contributed by atoms with Gasteiger partial charge in [-0.15, -0.1) is 0 Å². The zero-order valence-electron chi connectivity index (χ0n) is 15.9. The molecule has 8 nitrogen and oxygen atoms in total. The van der Waals surface area contributed by atoms with Gasteiger partial charge in [0.15, 0.2) is 11.5 Å². The number of carbonyl (C=O) groups excluding carboxylic acids is 1. The summed E-state index contributed by atoms with van der Waals surface area (Å²) < 4.78 is 31.0. The lowest BCUT2D eigenvalue weighted by atomic mass is 10.1. The molecule has 0 bridgehead atoms. The second-order valence-electron chi connectivity index (χ2n) is 6.13. The summed E-state index contributed by atoms with van der Waals surface area (Å²) in [5.74, 6) is -0.266. The first-order chi connectivity index (χ1) is 12.9. The van der Waals surface area contributed by atoms with Crippen molar-refractivity contribution in [2.45, 2.75) is 45.4 Å². The van der Waals surface area contributed by atoms with Gasteiger partial charge in [-0.3, -0.25) is 4.79 Å². The summed E-state index contributed by atoms with van der Waals surface area (Å²) in [6.45, 7) is 1.76. The SMILES string of the molecule is CCCCCCCCS(=O)(=O)NCC(=O)N/N=C/c1ccc(O)c(OC)c1. The average molecular weight is 400 g/mol. The summed E-state index contributed by atoms with van der Waals surface area (Å²) in [7, 11) is -2.04. The molecular weight excluding hydrogens is 370 g/mol. The Labute approximate surface area is 161 Å². The normalized spacial score (nSPS) is 11.6. The quantitative estimate of drug-likeness (QED) is 0.267. The van der Waals surface area contributed by atoms with Crippen LogP contribution in [0.15, 0.2) is 23.3 Å². The van der Waals surface area contributed by atoms with Crippen LogP contribution in [0.1, 0.15) is 51.0 Å². The predicted molar refractivity (Wildman–Crippen MR) is 106 cm³/mol. The van der Waals surface area contributed by atoms with Gasteiger partial charge in [0.1, 0.15) is 0 Å². The Kier molecular flexibility index (Phi) is 10.4. The highest BCUT2D eigenvalue weighted by Crippen LogP contribution is 2.25. The molecule has 0 unspecified atom stereocenters. The Balaban J connectivity index is 2.31. The molecule has 9 heteroatoms. The van der Waals surface area contributed by atoms with Gasteiger partial charge in [-0.2, -0.15) is 5.10 Å². The Bertz CT molecular complexity index is 720. The molecule has 0 aliphatic heterocycles. The zero-order valence-corrected chi connectivity index (χ0v) is 16.7. The van der Waals surface area contributed by atoms with E-state index in [1.807, 2.05) is 0 Å². The maximum Gasteiger partial charge on any atom is 0.255 e. The number of sulfonamides is 1. The van der Waals surface area contributed by atoms with Gasteiger partial charge < -0.3 is 9.84 Å².